The number of aryl methyl sites for hydroxylation is 2. The van der Waals surface area contributed by atoms with E-state index in [0.29, 0.717) is 18.0 Å². The molecule has 2 heterocycles. The first-order valence-electron chi connectivity index (χ1n) is 8.37. The molecule has 2 rings (SSSR count). The summed E-state index contributed by atoms with van der Waals surface area (Å²) < 4.78 is 0. The lowest BCUT2D eigenvalue weighted by Gasteiger charge is -2.31. The van der Waals surface area contributed by atoms with Gasteiger partial charge in [0.25, 0.3) is 0 Å². The lowest BCUT2D eigenvalue weighted by atomic mass is 10.0. The average molecular weight is 289 g/mol. The molecule has 1 atom stereocenters. The molecule has 0 bridgehead atoms. The van der Waals surface area contributed by atoms with Crippen LogP contribution in [0.3, 0.4) is 0 Å². The van der Waals surface area contributed by atoms with Crippen LogP contribution in [0.4, 0.5) is 5.82 Å². The van der Waals surface area contributed by atoms with E-state index in [1.54, 1.807) is 0 Å². The Bertz CT molecular complexity index is 480. The summed E-state index contributed by atoms with van der Waals surface area (Å²) in [4.78, 5) is 7.47. The van der Waals surface area contributed by atoms with Gasteiger partial charge in [-0.15, -0.1) is 0 Å². The van der Waals surface area contributed by atoms with Gasteiger partial charge in [0.05, 0.1) is 0 Å². The summed E-state index contributed by atoms with van der Waals surface area (Å²) in [6, 6.07) is 3.34. The van der Waals surface area contributed by atoms with Gasteiger partial charge in [0.2, 0.25) is 0 Å². The Morgan fingerprint density at radius 2 is 2.00 bits per heavy atom. The Morgan fingerprint density at radius 3 is 2.62 bits per heavy atom. The van der Waals surface area contributed by atoms with Crippen LogP contribution in [0.2, 0.25) is 0 Å². The summed E-state index contributed by atoms with van der Waals surface area (Å²) in [6.07, 6.45) is 2.58. The molecule has 1 saturated heterocycles. The maximum Gasteiger partial charge on any atom is 0.133 e. The zero-order valence-corrected chi connectivity index (χ0v) is 14.5. The quantitative estimate of drug-likeness (QED) is 0.893. The SMILES string of the molecule is Cc1cc(C)c(CNC(C)C)c(N2CCCC2C(C)C)n1. The van der Waals surface area contributed by atoms with E-state index in [4.69, 9.17) is 4.98 Å². The van der Waals surface area contributed by atoms with Crippen molar-refractivity contribution < 1.29 is 0 Å². The molecular formula is C18H31N3. The molecule has 1 aromatic rings. The molecule has 118 valence electrons. The minimum Gasteiger partial charge on any atom is -0.353 e. The highest BCUT2D eigenvalue weighted by Gasteiger charge is 2.30. The molecule has 3 nitrogen and oxygen atoms in total. The maximum absolute atomic E-state index is 4.91. The van der Waals surface area contributed by atoms with Crippen molar-refractivity contribution in [3.63, 3.8) is 0 Å². The normalized spacial score (nSPS) is 19.0. The number of hydrogen-bond donors (Lipinski definition) is 1. The molecule has 1 aromatic heterocycles. The van der Waals surface area contributed by atoms with Gasteiger partial charge in [-0.05, 0) is 44.2 Å². The van der Waals surface area contributed by atoms with E-state index in [1.807, 2.05) is 0 Å². The molecule has 0 aliphatic carbocycles. The van der Waals surface area contributed by atoms with Crippen molar-refractivity contribution in [2.75, 3.05) is 11.4 Å². The van der Waals surface area contributed by atoms with Crippen molar-refractivity contribution in [3.05, 3.63) is 22.9 Å². The summed E-state index contributed by atoms with van der Waals surface area (Å²) in [5.74, 6) is 1.90. The minimum atomic E-state index is 0.498. The first-order valence-corrected chi connectivity index (χ1v) is 8.37. The molecule has 1 aliphatic heterocycles. The number of pyridine rings is 1. The Morgan fingerprint density at radius 1 is 1.29 bits per heavy atom. The predicted molar refractivity (Wildman–Crippen MR) is 90.9 cm³/mol. The van der Waals surface area contributed by atoms with Crippen molar-refractivity contribution >= 4 is 5.82 Å². The number of hydrogen-bond acceptors (Lipinski definition) is 3. The summed E-state index contributed by atoms with van der Waals surface area (Å²) >= 11 is 0. The first kappa shape index (κ1) is 16.3. The smallest absolute Gasteiger partial charge is 0.133 e. The Hall–Kier alpha value is -1.09. The second-order valence-corrected chi connectivity index (χ2v) is 7.07. The van der Waals surface area contributed by atoms with Gasteiger partial charge in [-0.3, -0.25) is 0 Å². The van der Waals surface area contributed by atoms with Crippen LogP contribution in [0.5, 0.6) is 0 Å². The second-order valence-electron chi connectivity index (χ2n) is 7.07. The maximum atomic E-state index is 4.91. The van der Waals surface area contributed by atoms with Crippen LogP contribution in [0.15, 0.2) is 6.07 Å². The summed E-state index contributed by atoms with van der Waals surface area (Å²) in [5, 5.41) is 3.56. The highest BCUT2D eigenvalue weighted by atomic mass is 15.2. The van der Waals surface area contributed by atoms with Crippen LogP contribution in [0.25, 0.3) is 0 Å². The van der Waals surface area contributed by atoms with Gasteiger partial charge in [-0.1, -0.05) is 27.7 Å². The molecule has 21 heavy (non-hydrogen) atoms. The van der Waals surface area contributed by atoms with Crippen LogP contribution in [0.1, 0.15) is 57.4 Å². The Kier molecular flexibility index (Phi) is 5.26. The number of rotatable bonds is 5. The van der Waals surface area contributed by atoms with Crippen LogP contribution in [-0.4, -0.2) is 23.6 Å². The number of aromatic nitrogens is 1. The predicted octanol–water partition coefficient (Wildman–Crippen LogP) is 3.82. The fraction of sp³-hybridized carbons (Fsp3) is 0.722. The summed E-state index contributed by atoms with van der Waals surface area (Å²) in [5.41, 5.74) is 3.87. The molecule has 1 unspecified atom stereocenters. The van der Waals surface area contributed by atoms with Gasteiger partial charge in [-0.2, -0.15) is 0 Å². The van der Waals surface area contributed by atoms with Crippen molar-refractivity contribution in [3.8, 4) is 0 Å². The highest BCUT2D eigenvalue weighted by molar-refractivity contribution is 5.53. The Balaban J connectivity index is 2.36. The zero-order chi connectivity index (χ0) is 15.6. The topological polar surface area (TPSA) is 28.2 Å². The highest BCUT2D eigenvalue weighted by Crippen LogP contribution is 2.32. The van der Waals surface area contributed by atoms with E-state index < -0.39 is 0 Å². The molecule has 1 N–H and O–H groups in total. The van der Waals surface area contributed by atoms with Gasteiger partial charge >= 0.3 is 0 Å². The largest absolute Gasteiger partial charge is 0.353 e. The van der Waals surface area contributed by atoms with Crippen molar-refractivity contribution in [2.24, 2.45) is 5.92 Å². The molecule has 1 fully saturated rings. The standard InChI is InChI=1S/C18H31N3/c1-12(2)17-8-7-9-21(17)18-16(11-19-13(3)4)14(5)10-15(6)20-18/h10,12-13,17,19H,7-9,11H2,1-6H3. The first-order chi connectivity index (χ1) is 9.90. The van der Waals surface area contributed by atoms with E-state index >= 15 is 0 Å². The van der Waals surface area contributed by atoms with E-state index in [1.165, 1.54) is 29.8 Å². The van der Waals surface area contributed by atoms with Gasteiger partial charge in [0.1, 0.15) is 5.82 Å². The van der Waals surface area contributed by atoms with Crippen LogP contribution in [-0.2, 0) is 6.54 Å². The van der Waals surface area contributed by atoms with E-state index in [9.17, 15) is 0 Å². The molecule has 0 amide bonds. The fourth-order valence-corrected chi connectivity index (χ4v) is 3.35. The second kappa shape index (κ2) is 6.78. The van der Waals surface area contributed by atoms with Gasteiger partial charge in [0.15, 0.2) is 0 Å². The number of nitrogens with zero attached hydrogens (tertiary/aromatic N) is 2. The van der Waals surface area contributed by atoms with E-state index in [2.05, 4.69) is 57.8 Å². The van der Waals surface area contributed by atoms with Gasteiger partial charge in [-0.25, -0.2) is 4.98 Å². The monoisotopic (exact) mass is 289 g/mol. The molecule has 0 aromatic carbocycles. The third-order valence-electron chi connectivity index (χ3n) is 4.48. The Labute approximate surface area is 130 Å². The fourth-order valence-electron chi connectivity index (χ4n) is 3.35. The molecule has 0 spiro atoms. The summed E-state index contributed by atoms with van der Waals surface area (Å²) in [7, 11) is 0. The molecular weight excluding hydrogens is 258 g/mol. The van der Waals surface area contributed by atoms with E-state index in [-0.39, 0.29) is 0 Å². The lowest BCUT2D eigenvalue weighted by Crippen LogP contribution is -2.36. The zero-order valence-electron chi connectivity index (χ0n) is 14.5. The van der Waals surface area contributed by atoms with Crippen molar-refractivity contribution in [2.45, 2.75) is 73.0 Å². The number of anilines is 1. The van der Waals surface area contributed by atoms with Crippen LogP contribution in [0, 0.1) is 19.8 Å². The van der Waals surface area contributed by atoms with E-state index in [0.717, 1.165) is 18.8 Å². The third-order valence-corrected chi connectivity index (χ3v) is 4.48. The average Bonchev–Trinajstić information content (AvgIpc) is 2.85. The third kappa shape index (κ3) is 3.76. The van der Waals surface area contributed by atoms with Crippen molar-refractivity contribution in [1.82, 2.24) is 10.3 Å². The molecule has 0 radical (unpaired) electrons. The van der Waals surface area contributed by atoms with Gasteiger partial charge in [0, 0.05) is 36.4 Å². The van der Waals surface area contributed by atoms with Crippen molar-refractivity contribution in [1.29, 1.82) is 0 Å². The molecule has 1 aliphatic rings. The molecule has 3 heteroatoms. The summed E-state index contributed by atoms with van der Waals surface area (Å²) in [6.45, 7) is 15.4. The lowest BCUT2D eigenvalue weighted by molar-refractivity contribution is 0.487. The minimum absolute atomic E-state index is 0.498. The number of nitrogens with one attached hydrogen (secondary N) is 1. The van der Waals surface area contributed by atoms with Gasteiger partial charge < -0.3 is 10.2 Å². The van der Waals surface area contributed by atoms with Crippen LogP contribution < -0.4 is 10.2 Å². The van der Waals surface area contributed by atoms with Crippen LogP contribution >= 0.6 is 0 Å². The molecule has 0 saturated carbocycles.